The summed E-state index contributed by atoms with van der Waals surface area (Å²) in [6.07, 6.45) is 6.12. The maximum absolute atomic E-state index is 13.6. The number of aromatic nitrogens is 3. The lowest BCUT2D eigenvalue weighted by atomic mass is 9.85. The van der Waals surface area contributed by atoms with E-state index in [1.165, 1.54) is 0 Å². The highest BCUT2D eigenvalue weighted by Gasteiger charge is 2.25. The summed E-state index contributed by atoms with van der Waals surface area (Å²) in [5, 5.41) is 1.73. The molecule has 0 saturated carbocycles. The highest BCUT2D eigenvalue weighted by Crippen LogP contribution is 2.41. The van der Waals surface area contributed by atoms with Crippen LogP contribution >= 0.6 is 23.2 Å². The zero-order valence-electron chi connectivity index (χ0n) is 17.3. The normalized spacial score (nSPS) is 14.9. The number of benzene rings is 2. The van der Waals surface area contributed by atoms with Crippen LogP contribution < -0.4 is 0 Å². The third-order valence-corrected chi connectivity index (χ3v) is 6.47. The van der Waals surface area contributed by atoms with Crippen molar-refractivity contribution in [2.24, 2.45) is 12.0 Å². The summed E-state index contributed by atoms with van der Waals surface area (Å²) in [6, 6.07) is 15.7. The van der Waals surface area contributed by atoms with E-state index in [0.717, 1.165) is 27.8 Å². The molecule has 1 aliphatic rings. The van der Waals surface area contributed by atoms with E-state index < -0.39 is 0 Å². The molecule has 32 heavy (non-hydrogen) atoms. The molecule has 1 unspecified atom stereocenters. The maximum atomic E-state index is 13.6. The summed E-state index contributed by atoms with van der Waals surface area (Å²) in [5.74, 6) is -0.471. The molecule has 2 aromatic heterocycles. The van der Waals surface area contributed by atoms with Gasteiger partial charge in [0.05, 0.1) is 16.9 Å². The number of fused-ring (bicyclic) bond motifs is 1. The smallest absolute Gasteiger partial charge is 0.189 e. The van der Waals surface area contributed by atoms with Gasteiger partial charge in [0.1, 0.15) is 5.15 Å². The Kier molecular flexibility index (Phi) is 5.53. The van der Waals surface area contributed by atoms with Crippen molar-refractivity contribution in [1.82, 2.24) is 14.5 Å². The van der Waals surface area contributed by atoms with Crippen molar-refractivity contribution in [1.29, 1.82) is 0 Å². The van der Waals surface area contributed by atoms with Gasteiger partial charge >= 0.3 is 0 Å². The summed E-state index contributed by atoms with van der Waals surface area (Å²) in [5.41, 5.74) is 5.36. The molecule has 0 bridgehead atoms. The summed E-state index contributed by atoms with van der Waals surface area (Å²) < 4.78 is 15.6. The van der Waals surface area contributed by atoms with E-state index >= 15 is 0 Å². The van der Waals surface area contributed by atoms with Crippen LogP contribution in [0.1, 0.15) is 30.0 Å². The molecule has 0 spiro atoms. The van der Waals surface area contributed by atoms with Crippen LogP contribution in [0.15, 0.2) is 77.8 Å². The number of halogens is 3. The lowest BCUT2D eigenvalue weighted by Gasteiger charge is -2.23. The first-order valence-electron chi connectivity index (χ1n) is 10.2. The first-order valence-corrected chi connectivity index (χ1v) is 11.0. The average molecular weight is 465 g/mol. The average Bonchev–Trinajstić information content (AvgIpc) is 3.22. The number of allylic oxidation sites excluding steroid dienone is 1. The Bertz CT molecular complexity index is 1380. The van der Waals surface area contributed by atoms with Gasteiger partial charge in [-0.15, -0.1) is 0 Å². The second-order valence-electron chi connectivity index (χ2n) is 7.81. The highest BCUT2D eigenvalue weighted by atomic mass is 35.5. The topological polar surface area (TPSA) is 43.1 Å². The van der Waals surface area contributed by atoms with Gasteiger partial charge in [0.25, 0.3) is 0 Å². The van der Waals surface area contributed by atoms with Crippen molar-refractivity contribution in [2.75, 3.05) is 0 Å². The lowest BCUT2D eigenvalue weighted by Crippen LogP contribution is -2.12. The standard InChI is InChI=1S/C25H19Cl2FN4/c1-32-14-29-13-20(32)22(17-8-10-21(28)30-12-17)16-7-9-19-18(11-16)24(26)23(25(27)31-19)15-5-3-2-4-6-15/h2-7,9,11-14,22H,8,10H2,1H3. The molecule has 2 aromatic carbocycles. The van der Waals surface area contributed by atoms with Gasteiger partial charge in [0.15, 0.2) is 5.97 Å². The largest absolute Gasteiger partial charge is 0.337 e. The molecule has 0 amide bonds. The predicted molar refractivity (Wildman–Crippen MR) is 128 cm³/mol. The van der Waals surface area contributed by atoms with E-state index in [1.807, 2.05) is 66.3 Å². The van der Waals surface area contributed by atoms with Crippen molar-refractivity contribution >= 4 is 40.1 Å². The van der Waals surface area contributed by atoms with Crippen LogP contribution in [0.3, 0.4) is 0 Å². The molecule has 1 atom stereocenters. The number of pyridine rings is 1. The quantitative estimate of drug-likeness (QED) is 0.301. The van der Waals surface area contributed by atoms with Gasteiger partial charge in [-0.25, -0.2) is 15.0 Å². The van der Waals surface area contributed by atoms with Crippen LogP contribution in [-0.2, 0) is 7.05 Å². The van der Waals surface area contributed by atoms with Gasteiger partial charge in [-0.2, -0.15) is 4.39 Å². The van der Waals surface area contributed by atoms with Crippen LogP contribution in [0, 0.1) is 0 Å². The third kappa shape index (κ3) is 3.72. The van der Waals surface area contributed by atoms with Gasteiger partial charge in [-0.05, 0) is 35.3 Å². The van der Waals surface area contributed by atoms with Crippen LogP contribution in [0.5, 0.6) is 0 Å². The molecule has 160 valence electrons. The molecule has 7 heteroatoms. The van der Waals surface area contributed by atoms with Crippen molar-refractivity contribution in [3.63, 3.8) is 0 Å². The number of rotatable bonds is 4. The van der Waals surface area contributed by atoms with E-state index in [0.29, 0.717) is 34.1 Å². The first kappa shape index (κ1) is 20.9. The Hall–Kier alpha value is -3.02. The molecule has 0 N–H and O–H groups in total. The van der Waals surface area contributed by atoms with Crippen molar-refractivity contribution in [2.45, 2.75) is 18.8 Å². The zero-order chi connectivity index (χ0) is 22.2. The summed E-state index contributed by atoms with van der Waals surface area (Å²) >= 11 is 13.4. The van der Waals surface area contributed by atoms with Crippen molar-refractivity contribution < 1.29 is 4.39 Å². The van der Waals surface area contributed by atoms with Gasteiger partial charge in [-0.1, -0.05) is 59.6 Å². The van der Waals surface area contributed by atoms with E-state index in [1.54, 1.807) is 12.5 Å². The van der Waals surface area contributed by atoms with Crippen LogP contribution in [0.4, 0.5) is 4.39 Å². The molecule has 0 fully saturated rings. The second kappa shape index (κ2) is 8.49. The number of aliphatic imine (C=N–C) groups is 1. The molecular formula is C25H19Cl2FN4. The van der Waals surface area contributed by atoms with E-state index in [9.17, 15) is 4.39 Å². The van der Waals surface area contributed by atoms with Gasteiger partial charge < -0.3 is 4.57 Å². The van der Waals surface area contributed by atoms with Crippen molar-refractivity contribution in [3.8, 4) is 11.1 Å². The van der Waals surface area contributed by atoms with Gasteiger partial charge in [-0.3, -0.25) is 0 Å². The third-order valence-electron chi connectivity index (χ3n) is 5.81. The van der Waals surface area contributed by atoms with Crippen LogP contribution in [0.25, 0.3) is 22.0 Å². The van der Waals surface area contributed by atoms with Gasteiger partial charge in [0, 0.05) is 48.4 Å². The fourth-order valence-electron chi connectivity index (χ4n) is 4.21. The summed E-state index contributed by atoms with van der Waals surface area (Å²) in [7, 11) is 1.95. The number of nitrogens with zero attached hydrogens (tertiary/aromatic N) is 4. The Morgan fingerprint density at radius 3 is 2.56 bits per heavy atom. The highest BCUT2D eigenvalue weighted by molar-refractivity contribution is 6.42. The van der Waals surface area contributed by atoms with E-state index in [2.05, 4.69) is 15.0 Å². The second-order valence-corrected chi connectivity index (χ2v) is 8.54. The number of imidazole rings is 1. The van der Waals surface area contributed by atoms with Crippen molar-refractivity contribution in [3.05, 3.63) is 94.3 Å². The Balaban J connectivity index is 1.71. The monoisotopic (exact) mass is 464 g/mol. The molecular weight excluding hydrogens is 446 g/mol. The Labute approximate surface area is 195 Å². The summed E-state index contributed by atoms with van der Waals surface area (Å²) in [6.45, 7) is 0. The minimum absolute atomic E-state index is 0.129. The first-order chi connectivity index (χ1) is 15.5. The van der Waals surface area contributed by atoms with E-state index in [4.69, 9.17) is 23.2 Å². The van der Waals surface area contributed by atoms with Crippen LogP contribution in [0.2, 0.25) is 10.2 Å². The molecule has 5 rings (SSSR count). The fraction of sp³-hybridized carbons (Fsp3) is 0.160. The Morgan fingerprint density at radius 1 is 1.06 bits per heavy atom. The fourth-order valence-corrected chi connectivity index (χ4v) is 4.91. The molecule has 1 aliphatic heterocycles. The molecule has 0 saturated heterocycles. The minimum atomic E-state index is -0.342. The van der Waals surface area contributed by atoms with Crippen LogP contribution in [-0.4, -0.2) is 20.5 Å². The molecule has 4 aromatic rings. The molecule has 3 heterocycles. The number of hydrogen-bond donors (Lipinski definition) is 0. The summed E-state index contributed by atoms with van der Waals surface area (Å²) in [4.78, 5) is 12.8. The Morgan fingerprint density at radius 2 is 1.88 bits per heavy atom. The lowest BCUT2D eigenvalue weighted by molar-refractivity contribution is 0.705. The maximum Gasteiger partial charge on any atom is 0.189 e. The molecule has 4 nitrogen and oxygen atoms in total. The minimum Gasteiger partial charge on any atom is -0.337 e. The molecule has 0 aliphatic carbocycles. The zero-order valence-corrected chi connectivity index (χ0v) is 18.8. The molecule has 0 radical (unpaired) electrons. The number of hydrogen-bond acceptors (Lipinski definition) is 3. The van der Waals surface area contributed by atoms with E-state index in [-0.39, 0.29) is 11.9 Å². The SMILES string of the molecule is Cn1cncc1C(C1=CN=C(F)CC1)c1ccc2nc(Cl)c(-c3ccccc3)c(Cl)c2c1. The van der Waals surface area contributed by atoms with Gasteiger partial charge in [0.2, 0.25) is 0 Å². The number of aryl methyl sites for hydroxylation is 1. The predicted octanol–water partition coefficient (Wildman–Crippen LogP) is 7.12.